The van der Waals surface area contributed by atoms with E-state index in [9.17, 15) is 14.4 Å². The summed E-state index contributed by atoms with van der Waals surface area (Å²) in [6, 6.07) is 2.60. The lowest BCUT2D eigenvalue weighted by molar-refractivity contribution is -0.149. The number of amides is 3. The Hall–Kier alpha value is -3.83. The zero-order chi connectivity index (χ0) is 22.8. The summed E-state index contributed by atoms with van der Waals surface area (Å²) < 4.78 is 26.4. The fourth-order valence-electron chi connectivity index (χ4n) is 2.91. The van der Waals surface area contributed by atoms with Gasteiger partial charge in [-0.15, -0.1) is 10.2 Å². The van der Waals surface area contributed by atoms with Crippen LogP contribution in [0.4, 0.5) is 4.79 Å². The van der Waals surface area contributed by atoms with Crippen LogP contribution in [0.25, 0.3) is 11.5 Å². The molecular weight excluding hydrogens is 412 g/mol. The van der Waals surface area contributed by atoms with Gasteiger partial charge < -0.3 is 28.7 Å². The molecule has 1 aliphatic rings. The lowest BCUT2D eigenvalue weighted by Crippen LogP contribution is -2.41. The topological polar surface area (TPSA) is 142 Å². The molecule has 2 heterocycles. The number of carbonyl (C=O) groups is 3. The summed E-state index contributed by atoms with van der Waals surface area (Å²) >= 11 is 0. The van der Waals surface area contributed by atoms with Crippen LogP contribution in [0.1, 0.15) is 19.7 Å². The first-order chi connectivity index (χ1) is 14.7. The van der Waals surface area contributed by atoms with Crippen molar-refractivity contribution in [2.24, 2.45) is 0 Å². The molecule has 3 rings (SSSR count). The Balaban J connectivity index is 1.66. The Bertz CT molecular complexity index is 991. The molecule has 1 saturated heterocycles. The van der Waals surface area contributed by atoms with Crippen LogP contribution in [0.3, 0.4) is 0 Å². The predicted octanol–water partition coefficient (Wildman–Crippen LogP) is 1.14. The fourth-order valence-corrected chi connectivity index (χ4v) is 2.91. The molecular formula is C19H22N4O8. The maximum atomic E-state index is 12.1. The molecule has 2 aromatic rings. The first-order valence-electron chi connectivity index (χ1n) is 9.12. The second-order valence-electron chi connectivity index (χ2n) is 7.02. The van der Waals surface area contributed by atoms with Crippen molar-refractivity contribution in [3.05, 3.63) is 18.0 Å². The molecule has 1 aromatic heterocycles. The molecule has 0 radical (unpaired) electrons. The zero-order valence-corrected chi connectivity index (χ0v) is 17.7. The first-order valence-corrected chi connectivity index (χ1v) is 9.12. The van der Waals surface area contributed by atoms with Gasteiger partial charge in [0.05, 0.1) is 21.3 Å². The van der Waals surface area contributed by atoms with E-state index in [4.69, 9.17) is 23.4 Å². The second kappa shape index (κ2) is 8.50. The van der Waals surface area contributed by atoms with E-state index >= 15 is 0 Å². The number of aromatic nitrogens is 2. The van der Waals surface area contributed by atoms with Gasteiger partial charge in [-0.25, -0.2) is 4.79 Å². The number of urea groups is 1. The number of hydrogen-bond donors (Lipinski definition) is 1. The number of benzene rings is 1. The summed E-state index contributed by atoms with van der Waals surface area (Å²) in [6.07, 6.45) is 0. The van der Waals surface area contributed by atoms with Gasteiger partial charge in [0.15, 0.2) is 18.1 Å². The van der Waals surface area contributed by atoms with Crippen LogP contribution in [0.5, 0.6) is 17.2 Å². The van der Waals surface area contributed by atoms with Crippen LogP contribution < -0.4 is 19.5 Å². The highest BCUT2D eigenvalue weighted by molar-refractivity contribution is 6.08. The maximum absolute atomic E-state index is 12.1. The predicted molar refractivity (Wildman–Crippen MR) is 104 cm³/mol. The van der Waals surface area contributed by atoms with E-state index in [1.165, 1.54) is 21.3 Å². The van der Waals surface area contributed by atoms with Gasteiger partial charge in [0, 0.05) is 5.56 Å². The van der Waals surface area contributed by atoms with Crippen molar-refractivity contribution in [1.29, 1.82) is 0 Å². The standard InChI is InChI=1S/C19H22N4O8/c1-19(2)17(25)23(18(26)20-19)8-14(24)30-9-13-21-22-16(31-13)10-6-11(27-3)15(29-5)12(7-10)28-4/h6-7H,8-9H2,1-5H3,(H,20,26). The van der Waals surface area contributed by atoms with E-state index in [2.05, 4.69) is 15.5 Å². The van der Waals surface area contributed by atoms with E-state index in [1.54, 1.807) is 26.0 Å². The van der Waals surface area contributed by atoms with Gasteiger partial charge in [-0.3, -0.25) is 14.5 Å². The highest BCUT2D eigenvalue weighted by atomic mass is 16.5. The van der Waals surface area contributed by atoms with Crippen LogP contribution in [-0.2, 0) is 20.9 Å². The lowest BCUT2D eigenvalue weighted by atomic mass is 10.1. The van der Waals surface area contributed by atoms with Gasteiger partial charge in [0.1, 0.15) is 12.1 Å². The van der Waals surface area contributed by atoms with Crippen LogP contribution >= 0.6 is 0 Å². The van der Waals surface area contributed by atoms with Crippen LogP contribution in [0.15, 0.2) is 16.5 Å². The second-order valence-corrected chi connectivity index (χ2v) is 7.02. The van der Waals surface area contributed by atoms with E-state index in [0.717, 1.165) is 4.90 Å². The molecule has 1 aromatic carbocycles. The molecule has 0 bridgehead atoms. The Kier molecular flexibility index (Phi) is 5.99. The minimum absolute atomic E-state index is 0.0228. The number of methoxy groups -OCH3 is 3. The highest BCUT2D eigenvalue weighted by Crippen LogP contribution is 2.40. The van der Waals surface area contributed by atoms with Gasteiger partial charge in [0.2, 0.25) is 11.6 Å². The average Bonchev–Trinajstić information content (AvgIpc) is 3.29. The van der Waals surface area contributed by atoms with Crippen molar-refractivity contribution in [2.75, 3.05) is 27.9 Å². The fraction of sp³-hybridized carbons (Fsp3) is 0.421. The Morgan fingerprint density at radius 3 is 2.26 bits per heavy atom. The minimum Gasteiger partial charge on any atom is -0.493 e. The monoisotopic (exact) mass is 434 g/mol. The number of esters is 1. The van der Waals surface area contributed by atoms with Gasteiger partial charge in [-0.05, 0) is 26.0 Å². The lowest BCUT2D eigenvalue weighted by Gasteiger charge is -2.15. The number of imide groups is 1. The van der Waals surface area contributed by atoms with Crippen molar-refractivity contribution in [1.82, 2.24) is 20.4 Å². The molecule has 166 valence electrons. The van der Waals surface area contributed by atoms with Crippen molar-refractivity contribution >= 4 is 17.9 Å². The molecule has 0 unspecified atom stereocenters. The molecule has 1 aliphatic heterocycles. The third kappa shape index (κ3) is 4.37. The number of hydrogen-bond acceptors (Lipinski definition) is 10. The van der Waals surface area contributed by atoms with Crippen LogP contribution in [0, 0.1) is 0 Å². The molecule has 0 saturated carbocycles. The number of carbonyl (C=O) groups excluding carboxylic acids is 3. The number of rotatable bonds is 8. The largest absolute Gasteiger partial charge is 0.493 e. The van der Waals surface area contributed by atoms with Crippen molar-refractivity contribution in [2.45, 2.75) is 26.0 Å². The first kappa shape index (κ1) is 21.9. The van der Waals surface area contributed by atoms with Crippen LogP contribution in [-0.4, -0.2) is 66.4 Å². The molecule has 12 heteroatoms. The van der Waals surface area contributed by atoms with Gasteiger partial charge in [-0.1, -0.05) is 0 Å². The molecule has 3 amide bonds. The number of nitrogens with one attached hydrogen (secondary N) is 1. The smallest absolute Gasteiger partial charge is 0.326 e. The Morgan fingerprint density at radius 1 is 1.10 bits per heavy atom. The van der Waals surface area contributed by atoms with E-state index in [1.807, 2.05) is 0 Å². The summed E-state index contributed by atoms with van der Waals surface area (Å²) in [7, 11) is 4.44. The molecule has 0 spiro atoms. The summed E-state index contributed by atoms with van der Waals surface area (Å²) in [5.74, 6) is 0.0616. The zero-order valence-electron chi connectivity index (χ0n) is 17.7. The normalized spacial score (nSPS) is 14.9. The van der Waals surface area contributed by atoms with Crippen molar-refractivity contribution < 1.29 is 37.7 Å². The minimum atomic E-state index is -1.07. The van der Waals surface area contributed by atoms with Gasteiger partial charge >= 0.3 is 12.0 Å². The molecule has 12 nitrogen and oxygen atoms in total. The van der Waals surface area contributed by atoms with E-state index < -0.39 is 30.0 Å². The van der Waals surface area contributed by atoms with Crippen molar-refractivity contribution in [3.63, 3.8) is 0 Å². The Morgan fingerprint density at radius 2 is 1.74 bits per heavy atom. The molecule has 0 atom stereocenters. The summed E-state index contributed by atoms with van der Waals surface area (Å²) in [6.45, 7) is 2.23. The molecule has 1 N–H and O–H groups in total. The van der Waals surface area contributed by atoms with Crippen LogP contribution in [0.2, 0.25) is 0 Å². The third-order valence-electron chi connectivity index (χ3n) is 4.47. The SMILES string of the molecule is COc1cc(-c2nnc(COC(=O)CN3C(=O)NC(C)(C)C3=O)o2)cc(OC)c1OC. The Labute approximate surface area is 177 Å². The number of ether oxygens (including phenoxy) is 4. The molecule has 31 heavy (non-hydrogen) atoms. The quantitative estimate of drug-likeness (QED) is 0.474. The summed E-state index contributed by atoms with van der Waals surface area (Å²) in [4.78, 5) is 36.8. The van der Waals surface area contributed by atoms with Gasteiger partial charge in [0.25, 0.3) is 11.8 Å². The average molecular weight is 434 g/mol. The van der Waals surface area contributed by atoms with Crippen molar-refractivity contribution in [3.8, 4) is 28.7 Å². The number of nitrogens with zero attached hydrogens (tertiary/aromatic N) is 3. The molecule has 1 fully saturated rings. The summed E-state index contributed by atoms with van der Waals surface area (Å²) in [5, 5.41) is 10.2. The maximum Gasteiger partial charge on any atom is 0.326 e. The van der Waals surface area contributed by atoms with Gasteiger partial charge in [-0.2, -0.15) is 0 Å². The third-order valence-corrected chi connectivity index (χ3v) is 4.47. The van der Waals surface area contributed by atoms with E-state index in [-0.39, 0.29) is 18.4 Å². The van der Waals surface area contributed by atoms with E-state index in [0.29, 0.717) is 22.8 Å². The molecule has 0 aliphatic carbocycles. The summed E-state index contributed by atoms with van der Waals surface area (Å²) in [5.41, 5.74) is -0.569. The highest BCUT2D eigenvalue weighted by Gasteiger charge is 2.45.